The van der Waals surface area contributed by atoms with Crippen molar-refractivity contribution in [3.63, 3.8) is 0 Å². The number of nitrogens with zero attached hydrogens (tertiary/aromatic N) is 5. The molecule has 1 aliphatic heterocycles. The van der Waals surface area contributed by atoms with Gasteiger partial charge in [0.15, 0.2) is 0 Å². The summed E-state index contributed by atoms with van der Waals surface area (Å²) in [5.41, 5.74) is 4.42. The lowest BCUT2D eigenvalue weighted by Crippen LogP contribution is -2.34. The fourth-order valence-corrected chi connectivity index (χ4v) is 4.30. The molecule has 0 spiro atoms. The fraction of sp³-hybridized carbons (Fsp3) is 0.138. The number of hydrogen-bond donors (Lipinski definition) is 0. The summed E-state index contributed by atoms with van der Waals surface area (Å²) in [5.74, 6) is 0.155. The topological polar surface area (TPSA) is 82.3 Å². The van der Waals surface area contributed by atoms with E-state index in [4.69, 9.17) is 9.73 Å². The minimum atomic E-state index is -0.339. The molecule has 36 heavy (non-hydrogen) atoms. The number of aliphatic imine (C=N–C) groups is 1. The fourth-order valence-electron chi connectivity index (χ4n) is 4.30. The van der Waals surface area contributed by atoms with E-state index < -0.39 is 0 Å². The SMILES string of the molecule is CC1COC1n1ccc2cnc(C(=O)c3ccc(N=C(c4ccccc4)c4ccccc4)cn3)nc21. The van der Waals surface area contributed by atoms with E-state index in [9.17, 15) is 4.79 Å². The molecule has 176 valence electrons. The molecule has 2 unspecified atom stereocenters. The van der Waals surface area contributed by atoms with Crippen molar-refractivity contribution in [2.45, 2.75) is 13.2 Å². The maximum atomic E-state index is 13.2. The second-order valence-electron chi connectivity index (χ2n) is 8.82. The average Bonchev–Trinajstić information content (AvgIpc) is 3.34. The van der Waals surface area contributed by atoms with Crippen molar-refractivity contribution >= 4 is 28.2 Å². The van der Waals surface area contributed by atoms with Crippen LogP contribution in [0.15, 0.2) is 102 Å². The molecule has 0 saturated carbocycles. The standard InChI is InChI=1S/C29H23N5O2/c1-19-18-36-29(19)34-15-14-22-16-31-27(33-28(22)34)26(35)24-13-12-23(17-30-24)32-25(20-8-4-2-5-9-20)21-10-6-3-7-11-21/h2-17,19,29H,18H2,1H3. The van der Waals surface area contributed by atoms with Crippen LogP contribution in [-0.2, 0) is 4.74 Å². The third kappa shape index (κ3) is 4.10. The van der Waals surface area contributed by atoms with Gasteiger partial charge in [-0.2, -0.15) is 0 Å². The summed E-state index contributed by atoms with van der Waals surface area (Å²) in [6, 6.07) is 25.4. The molecule has 1 aliphatic rings. The number of rotatable bonds is 6. The quantitative estimate of drug-likeness (QED) is 0.244. The number of carbonyl (C=O) groups is 1. The van der Waals surface area contributed by atoms with E-state index in [1.165, 1.54) is 0 Å². The van der Waals surface area contributed by atoms with E-state index in [2.05, 4.69) is 21.9 Å². The molecule has 7 heteroatoms. The van der Waals surface area contributed by atoms with E-state index in [0.717, 1.165) is 28.8 Å². The first-order chi connectivity index (χ1) is 17.7. The molecule has 4 heterocycles. The van der Waals surface area contributed by atoms with Crippen molar-refractivity contribution in [3.8, 4) is 0 Å². The summed E-state index contributed by atoms with van der Waals surface area (Å²) >= 11 is 0. The van der Waals surface area contributed by atoms with Crippen molar-refractivity contribution in [2.75, 3.05) is 6.61 Å². The Morgan fingerprint density at radius 3 is 2.22 bits per heavy atom. The number of ether oxygens (including phenoxy) is 1. The van der Waals surface area contributed by atoms with Crippen molar-refractivity contribution < 1.29 is 9.53 Å². The maximum absolute atomic E-state index is 13.2. The molecular weight excluding hydrogens is 450 g/mol. The van der Waals surface area contributed by atoms with Crippen LogP contribution in [-0.4, -0.2) is 37.6 Å². The Labute approximate surface area is 208 Å². The van der Waals surface area contributed by atoms with Crippen molar-refractivity contribution in [2.24, 2.45) is 10.9 Å². The molecule has 0 radical (unpaired) electrons. The molecule has 1 saturated heterocycles. The van der Waals surface area contributed by atoms with Crippen molar-refractivity contribution in [1.29, 1.82) is 0 Å². The van der Waals surface area contributed by atoms with Gasteiger partial charge in [-0.1, -0.05) is 67.6 Å². The van der Waals surface area contributed by atoms with E-state index in [0.29, 0.717) is 17.3 Å². The second-order valence-corrected chi connectivity index (χ2v) is 8.82. The normalized spacial score (nSPS) is 16.9. The minimum Gasteiger partial charge on any atom is -0.357 e. The highest BCUT2D eigenvalue weighted by molar-refractivity contribution is 6.14. The number of aromatic nitrogens is 4. The van der Waals surface area contributed by atoms with Gasteiger partial charge in [0.2, 0.25) is 11.6 Å². The average molecular weight is 474 g/mol. The van der Waals surface area contributed by atoms with E-state index >= 15 is 0 Å². The zero-order valence-corrected chi connectivity index (χ0v) is 19.7. The molecule has 0 N–H and O–H groups in total. The van der Waals surface area contributed by atoms with Crippen LogP contribution in [0.3, 0.4) is 0 Å². The molecule has 3 aromatic heterocycles. The Balaban J connectivity index is 1.30. The predicted molar refractivity (Wildman–Crippen MR) is 138 cm³/mol. The lowest BCUT2D eigenvalue weighted by molar-refractivity contribution is -0.150. The van der Waals surface area contributed by atoms with Gasteiger partial charge in [0.1, 0.15) is 17.6 Å². The first-order valence-electron chi connectivity index (χ1n) is 11.8. The molecule has 1 fully saturated rings. The summed E-state index contributed by atoms with van der Waals surface area (Å²) in [4.78, 5) is 31.2. The molecule has 7 nitrogen and oxygen atoms in total. The molecule has 5 aromatic rings. The third-order valence-electron chi connectivity index (χ3n) is 6.26. The van der Waals surface area contributed by atoms with Gasteiger partial charge in [0.05, 0.1) is 24.2 Å². The van der Waals surface area contributed by atoms with Crippen LogP contribution in [0.4, 0.5) is 5.69 Å². The number of fused-ring (bicyclic) bond motifs is 1. The molecule has 0 bridgehead atoms. The van der Waals surface area contributed by atoms with Crippen LogP contribution in [0.5, 0.6) is 0 Å². The van der Waals surface area contributed by atoms with Gasteiger partial charge in [-0.05, 0) is 18.2 Å². The lowest BCUT2D eigenvalue weighted by atomic mass is 10.0. The Bertz CT molecular complexity index is 1520. The molecule has 2 atom stereocenters. The summed E-state index contributed by atoms with van der Waals surface area (Å²) in [6.07, 6.45) is 5.12. The zero-order valence-electron chi connectivity index (χ0n) is 19.7. The van der Waals surface area contributed by atoms with Crippen LogP contribution in [0.25, 0.3) is 11.0 Å². The summed E-state index contributed by atoms with van der Waals surface area (Å²) in [5, 5.41) is 0.862. The van der Waals surface area contributed by atoms with Crippen LogP contribution in [0, 0.1) is 5.92 Å². The van der Waals surface area contributed by atoms with Crippen molar-refractivity contribution in [1.82, 2.24) is 19.5 Å². The molecule has 2 aromatic carbocycles. The smallest absolute Gasteiger partial charge is 0.248 e. The Morgan fingerprint density at radius 2 is 1.64 bits per heavy atom. The Kier molecular flexibility index (Phi) is 5.67. The highest BCUT2D eigenvalue weighted by Gasteiger charge is 2.31. The van der Waals surface area contributed by atoms with Gasteiger partial charge < -0.3 is 9.30 Å². The van der Waals surface area contributed by atoms with Gasteiger partial charge in [-0.25, -0.2) is 15.0 Å². The highest BCUT2D eigenvalue weighted by Crippen LogP contribution is 2.32. The van der Waals surface area contributed by atoms with Gasteiger partial charge in [-0.3, -0.25) is 9.78 Å². The first kappa shape index (κ1) is 22.0. The minimum absolute atomic E-state index is 0.0703. The number of pyridine rings is 1. The Hall–Kier alpha value is -4.49. The zero-order chi connectivity index (χ0) is 24.5. The monoisotopic (exact) mass is 473 g/mol. The lowest BCUT2D eigenvalue weighted by Gasteiger charge is -2.35. The van der Waals surface area contributed by atoms with E-state index in [-0.39, 0.29) is 23.5 Å². The van der Waals surface area contributed by atoms with E-state index in [1.54, 1.807) is 24.5 Å². The number of ketones is 1. The second kappa shape index (κ2) is 9.28. The molecule has 0 aliphatic carbocycles. The predicted octanol–water partition coefficient (Wildman–Crippen LogP) is 5.39. The van der Waals surface area contributed by atoms with Gasteiger partial charge in [-0.15, -0.1) is 0 Å². The van der Waals surface area contributed by atoms with Crippen LogP contribution >= 0.6 is 0 Å². The summed E-state index contributed by atoms with van der Waals surface area (Å²) in [7, 11) is 0. The number of carbonyl (C=O) groups excluding carboxylic acids is 1. The summed E-state index contributed by atoms with van der Waals surface area (Å²) in [6.45, 7) is 2.85. The van der Waals surface area contributed by atoms with Crippen molar-refractivity contribution in [3.05, 3.63) is 120 Å². The third-order valence-corrected chi connectivity index (χ3v) is 6.26. The highest BCUT2D eigenvalue weighted by atomic mass is 16.5. The molecular formula is C29H23N5O2. The van der Waals surface area contributed by atoms with Gasteiger partial charge in [0.25, 0.3) is 0 Å². The van der Waals surface area contributed by atoms with Crippen LogP contribution < -0.4 is 0 Å². The number of benzene rings is 2. The summed E-state index contributed by atoms with van der Waals surface area (Å²) < 4.78 is 7.64. The molecule has 6 rings (SSSR count). The van der Waals surface area contributed by atoms with E-state index in [1.807, 2.05) is 77.5 Å². The first-order valence-corrected chi connectivity index (χ1v) is 11.8. The van der Waals surface area contributed by atoms with Crippen LogP contribution in [0.1, 0.15) is 40.6 Å². The maximum Gasteiger partial charge on any atom is 0.248 e. The number of hydrogen-bond acceptors (Lipinski definition) is 6. The largest absolute Gasteiger partial charge is 0.357 e. The Morgan fingerprint density at radius 1 is 0.917 bits per heavy atom. The van der Waals surface area contributed by atoms with Gasteiger partial charge >= 0.3 is 0 Å². The van der Waals surface area contributed by atoms with Gasteiger partial charge in [0, 0.05) is 34.8 Å². The molecule has 0 amide bonds. The van der Waals surface area contributed by atoms with Crippen LogP contribution in [0.2, 0.25) is 0 Å².